The second-order valence-corrected chi connectivity index (χ2v) is 10.1. The molecule has 3 aromatic rings. The molecule has 0 radical (unpaired) electrons. The van der Waals surface area contributed by atoms with Crippen molar-refractivity contribution in [3.63, 3.8) is 0 Å². The Kier molecular flexibility index (Phi) is 6.08. The molecule has 0 bridgehead atoms. The summed E-state index contributed by atoms with van der Waals surface area (Å²) in [6.07, 6.45) is 1.09. The van der Waals surface area contributed by atoms with E-state index in [0.29, 0.717) is 11.9 Å². The molecule has 1 aliphatic heterocycles. The standard InChI is InChI=1S/C22H26N4O2S2/c1-17-12-20(30(27,28)24-22-15-29-16-23-22)8-9-21(17)25(2)19-10-11-26(14-19)13-18-6-4-3-5-7-18/h3-9,12,15-16,19,24H,10-11,13-14H2,1-2H3. The number of likely N-dealkylation sites (N-methyl/N-ethyl adjacent to an activating group) is 1. The largest absolute Gasteiger partial charge is 0.370 e. The van der Waals surface area contributed by atoms with Crippen LogP contribution in [0.2, 0.25) is 0 Å². The Morgan fingerprint density at radius 2 is 2.03 bits per heavy atom. The molecule has 1 unspecified atom stereocenters. The van der Waals surface area contributed by atoms with Gasteiger partial charge < -0.3 is 4.90 Å². The Bertz CT molecular complexity index is 1090. The molecule has 2 aromatic carbocycles. The molecule has 8 heteroatoms. The Hall–Kier alpha value is -2.42. The van der Waals surface area contributed by atoms with Gasteiger partial charge in [0.1, 0.15) is 0 Å². The summed E-state index contributed by atoms with van der Waals surface area (Å²) in [5.41, 5.74) is 4.94. The van der Waals surface area contributed by atoms with Gasteiger partial charge in [0.2, 0.25) is 0 Å². The van der Waals surface area contributed by atoms with Gasteiger partial charge in [0.05, 0.1) is 10.4 Å². The normalized spacial score (nSPS) is 17.2. The lowest BCUT2D eigenvalue weighted by Gasteiger charge is -2.29. The molecule has 6 nitrogen and oxygen atoms in total. The van der Waals surface area contributed by atoms with E-state index < -0.39 is 10.0 Å². The molecule has 1 N–H and O–H groups in total. The van der Waals surface area contributed by atoms with Crippen LogP contribution < -0.4 is 9.62 Å². The quantitative estimate of drug-likeness (QED) is 0.600. The number of aryl methyl sites for hydroxylation is 1. The molecule has 30 heavy (non-hydrogen) atoms. The first-order chi connectivity index (χ1) is 14.4. The van der Waals surface area contributed by atoms with Gasteiger partial charge in [0, 0.05) is 43.8 Å². The van der Waals surface area contributed by atoms with Crippen LogP contribution in [-0.2, 0) is 16.6 Å². The lowest BCUT2D eigenvalue weighted by molar-refractivity contribution is 0.326. The minimum atomic E-state index is -3.64. The van der Waals surface area contributed by atoms with Gasteiger partial charge in [-0.2, -0.15) is 0 Å². The van der Waals surface area contributed by atoms with Crippen LogP contribution in [-0.4, -0.2) is 44.5 Å². The maximum atomic E-state index is 12.6. The Morgan fingerprint density at radius 3 is 2.73 bits per heavy atom. The summed E-state index contributed by atoms with van der Waals surface area (Å²) in [5, 5.41) is 1.67. The SMILES string of the molecule is Cc1cc(S(=O)(=O)Nc2cscn2)ccc1N(C)C1CCN(Cc2ccccc2)C1. The Balaban J connectivity index is 1.44. The molecule has 158 valence electrons. The van der Waals surface area contributed by atoms with Crippen LogP contribution in [0.5, 0.6) is 0 Å². The molecule has 1 saturated heterocycles. The summed E-state index contributed by atoms with van der Waals surface area (Å²) in [7, 11) is -1.55. The molecular weight excluding hydrogens is 416 g/mol. The van der Waals surface area contributed by atoms with Crippen LogP contribution in [0, 0.1) is 6.92 Å². The number of hydrogen-bond acceptors (Lipinski definition) is 6. The van der Waals surface area contributed by atoms with Crippen LogP contribution in [0.4, 0.5) is 11.5 Å². The second kappa shape index (κ2) is 8.75. The molecule has 0 spiro atoms. The molecule has 1 aromatic heterocycles. The molecular formula is C22H26N4O2S2. The van der Waals surface area contributed by atoms with Crippen molar-refractivity contribution in [2.45, 2.75) is 30.8 Å². The zero-order valence-corrected chi connectivity index (χ0v) is 18.8. The number of likely N-dealkylation sites (tertiary alicyclic amines) is 1. The Morgan fingerprint density at radius 1 is 1.23 bits per heavy atom. The average Bonchev–Trinajstić information content (AvgIpc) is 3.40. The highest BCUT2D eigenvalue weighted by Crippen LogP contribution is 2.28. The first-order valence-electron chi connectivity index (χ1n) is 9.93. The number of nitrogens with one attached hydrogen (secondary N) is 1. The summed E-state index contributed by atoms with van der Waals surface area (Å²) in [6.45, 7) is 4.98. The van der Waals surface area contributed by atoms with Gasteiger partial charge in [-0.25, -0.2) is 13.4 Å². The lowest BCUT2D eigenvalue weighted by atomic mass is 10.1. The van der Waals surface area contributed by atoms with Gasteiger partial charge in [-0.1, -0.05) is 30.3 Å². The Labute approximate surface area is 182 Å². The van der Waals surface area contributed by atoms with E-state index >= 15 is 0 Å². The topological polar surface area (TPSA) is 65.5 Å². The minimum absolute atomic E-state index is 0.252. The van der Waals surface area contributed by atoms with Gasteiger partial charge >= 0.3 is 0 Å². The van der Waals surface area contributed by atoms with Gasteiger partial charge in [0.25, 0.3) is 10.0 Å². The highest BCUT2D eigenvalue weighted by Gasteiger charge is 2.27. The third kappa shape index (κ3) is 4.66. The van der Waals surface area contributed by atoms with Crippen LogP contribution in [0.25, 0.3) is 0 Å². The lowest BCUT2D eigenvalue weighted by Crippen LogP contribution is -2.34. The predicted molar refractivity (Wildman–Crippen MR) is 123 cm³/mol. The average molecular weight is 443 g/mol. The molecule has 1 fully saturated rings. The number of anilines is 2. The van der Waals surface area contributed by atoms with Gasteiger partial charge in [-0.3, -0.25) is 9.62 Å². The zero-order chi connectivity index (χ0) is 21.1. The highest BCUT2D eigenvalue weighted by molar-refractivity contribution is 7.92. The minimum Gasteiger partial charge on any atom is -0.370 e. The summed E-state index contributed by atoms with van der Waals surface area (Å²) >= 11 is 1.35. The van der Waals surface area contributed by atoms with Crippen LogP contribution in [0.15, 0.2) is 64.3 Å². The van der Waals surface area contributed by atoms with E-state index in [0.717, 1.165) is 37.3 Å². The fourth-order valence-corrected chi connectivity index (χ4v) is 5.60. The molecule has 4 rings (SSSR count). The van der Waals surface area contributed by atoms with Crippen molar-refractivity contribution in [3.8, 4) is 0 Å². The van der Waals surface area contributed by atoms with Crippen LogP contribution >= 0.6 is 11.3 Å². The third-order valence-corrected chi connectivity index (χ3v) is 7.51. The van der Waals surface area contributed by atoms with Crippen molar-refractivity contribution in [3.05, 3.63) is 70.5 Å². The number of sulfonamides is 1. The molecule has 1 atom stereocenters. The van der Waals surface area contributed by atoms with Gasteiger partial charge in [-0.15, -0.1) is 11.3 Å². The number of benzene rings is 2. The van der Waals surface area contributed by atoms with Crippen molar-refractivity contribution in [2.24, 2.45) is 0 Å². The predicted octanol–water partition coefficient (Wildman–Crippen LogP) is 3.96. The van der Waals surface area contributed by atoms with Crippen molar-refractivity contribution < 1.29 is 8.42 Å². The van der Waals surface area contributed by atoms with Crippen molar-refractivity contribution in [1.82, 2.24) is 9.88 Å². The van der Waals surface area contributed by atoms with Crippen LogP contribution in [0.1, 0.15) is 17.5 Å². The second-order valence-electron chi connectivity index (χ2n) is 7.70. The van der Waals surface area contributed by atoms with E-state index in [2.05, 4.69) is 50.8 Å². The maximum Gasteiger partial charge on any atom is 0.263 e. The summed E-state index contributed by atoms with van der Waals surface area (Å²) in [6, 6.07) is 16.3. The number of hydrogen-bond donors (Lipinski definition) is 1. The first-order valence-corrected chi connectivity index (χ1v) is 12.4. The van der Waals surface area contributed by atoms with E-state index in [1.165, 1.54) is 16.9 Å². The number of thiazole rings is 1. The molecule has 0 saturated carbocycles. The third-order valence-electron chi connectivity index (χ3n) is 5.57. The van der Waals surface area contributed by atoms with Crippen molar-refractivity contribution in [1.29, 1.82) is 0 Å². The number of aromatic nitrogens is 1. The van der Waals surface area contributed by atoms with Crippen molar-refractivity contribution >= 4 is 32.9 Å². The summed E-state index contributed by atoms with van der Waals surface area (Å²) < 4.78 is 27.8. The first kappa shape index (κ1) is 20.8. The number of rotatable bonds is 7. The van der Waals surface area contributed by atoms with E-state index in [-0.39, 0.29) is 4.90 Å². The summed E-state index contributed by atoms with van der Waals surface area (Å²) in [4.78, 5) is 9.01. The van der Waals surface area contributed by atoms with Crippen molar-refractivity contribution in [2.75, 3.05) is 29.8 Å². The van der Waals surface area contributed by atoms with Gasteiger partial charge in [-0.05, 0) is 42.7 Å². The highest BCUT2D eigenvalue weighted by atomic mass is 32.2. The summed E-state index contributed by atoms with van der Waals surface area (Å²) in [5.74, 6) is 0.350. The van der Waals surface area contributed by atoms with Crippen LogP contribution in [0.3, 0.4) is 0 Å². The van der Waals surface area contributed by atoms with E-state index in [1.54, 1.807) is 23.0 Å². The fraction of sp³-hybridized carbons (Fsp3) is 0.318. The molecule has 0 aliphatic carbocycles. The number of nitrogens with zero attached hydrogens (tertiary/aromatic N) is 3. The maximum absolute atomic E-state index is 12.6. The van der Waals surface area contributed by atoms with E-state index in [1.807, 2.05) is 19.1 Å². The molecule has 1 aliphatic rings. The van der Waals surface area contributed by atoms with E-state index in [9.17, 15) is 8.42 Å². The zero-order valence-electron chi connectivity index (χ0n) is 17.2. The fourth-order valence-electron chi connectivity index (χ4n) is 3.96. The molecule has 0 amide bonds. The monoisotopic (exact) mass is 442 g/mol. The van der Waals surface area contributed by atoms with Gasteiger partial charge in [0.15, 0.2) is 5.82 Å². The molecule has 2 heterocycles. The van der Waals surface area contributed by atoms with E-state index in [4.69, 9.17) is 0 Å². The smallest absolute Gasteiger partial charge is 0.263 e.